The van der Waals surface area contributed by atoms with E-state index in [4.69, 9.17) is 9.47 Å². The molecule has 3 heterocycles. The third kappa shape index (κ3) is 2.80. The molecule has 0 radical (unpaired) electrons. The van der Waals surface area contributed by atoms with Gasteiger partial charge in [0.25, 0.3) is 10.0 Å². The van der Waals surface area contributed by atoms with Gasteiger partial charge in [0.2, 0.25) is 0 Å². The summed E-state index contributed by atoms with van der Waals surface area (Å²) in [7, 11) is -3.63. The molecular formula is C14H23N3O4S. The van der Waals surface area contributed by atoms with E-state index >= 15 is 0 Å². The average molecular weight is 329 g/mol. The van der Waals surface area contributed by atoms with Gasteiger partial charge in [-0.15, -0.1) is 0 Å². The van der Waals surface area contributed by atoms with Crippen molar-refractivity contribution in [1.82, 2.24) is 13.9 Å². The van der Waals surface area contributed by atoms with Crippen LogP contribution in [0.1, 0.15) is 20.3 Å². The van der Waals surface area contributed by atoms with E-state index in [0.717, 1.165) is 6.54 Å². The van der Waals surface area contributed by atoms with Crippen molar-refractivity contribution in [2.45, 2.75) is 37.4 Å². The third-order valence-corrected chi connectivity index (χ3v) is 6.05. The summed E-state index contributed by atoms with van der Waals surface area (Å²) < 4.78 is 40.3. The van der Waals surface area contributed by atoms with E-state index in [0.29, 0.717) is 45.3 Å². The Labute approximate surface area is 131 Å². The normalized spacial score (nSPS) is 27.0. The Morgan fingerprint density at radius 3 is 2.68 bits per heavy atom. The van der Waals surface area contributed by atoms with Crippen LogP contribution in [0.5, 0.6) is 0 Å². The molecule has 8 heteroatoms. The highest BCUT2D eigenvalue weighted by Crippen LogP contribution is 2.33. The van der Waals surface area contributed by atoms with E-state index in [1.807, 2.05) is 4.57 Å². The maximum absolute atomic E-state index is 13.0. The smallest absolute Gasteiger partial charge is 0.262 e. The molecule has 0 unspecified atom stereocenters. The highest BCUT2D eigenvalue weighted by Gasteiger charge is 2.49. The van der Waals surface area contributed by atoms with E-state index in [9.17, 15) is 8.42 Å². The monoisotopic (exact) mass is 329 g/mol. The largest absolute Gasteiger partial charge is 0.379 e. The molecule has 2 aliphatic heterocycles. The first-order valence-electron chi connectivity index (χ1n) is 7.64. The van der Waals surface area contributed by atoms with Crippen molar-refractivity contribution in [2.24, 2.45) is 5.92 Å². The Balaban J connectivity index is 1.89. The van der Waals surface area contributed by atoms with Gasteiger partial charge < -0.3 is 14.0 Å². The van der Waals surface area contributed by atoms with Crippen molar-refractivity contribution in [1.29, 1.82) is 0 Å². The average Bonchev–Trinajstić information content (AvgIpc) is 3.09. The van der Waals surface area contributed by atoms with Crippen LogP contribution in [-0.2, 0) is 26.0 Å². The molecule has 124 valence electrons. The standard InChI is InChI=1S/C14H23N3O4S/c1-12(2)7-16-8-13(15-11-16)22(18,19)17-4-6-21-10-14(17)3-5-20-9-14/h8,11-12H,3-7,9-10H2,1-2H3/t14-/m0/s1. The lowest BCUT2D eigenvalue weighted by atomic mass is 9.99. The third-order valence-electron chi connectivity index (χ3n) is 4.16. The van der Waals surface area contributed by atoms with Crippen LogP contribution >= 0.6 is 0 Å². The van der Waals surface area contributed by atoms with Gasteiger partial charge in [-0.25, -0.2) is 13.4 Å². The van der Waals surface area contributed by atoms with Crippen LogP contribution < -0.4 is 0 Å². The molecule has 0 saturated carbocycles. The molecule has 1 aromatic rings. The van der Waals surface area contributed by atoms with Gasteiger partial charge in [-0.3, -0.25) is 0 Å². The van der Waals surface area contributed by atoms with Crippen molar-refractivity contribution in [2.75, 3.05) is 33.0 Å². The van der Waals surface area contributed by atoms with E-state index in [2.05, 4.69) is 18.8 Å². The van der Waals surface area contributed by atoms with Crippen LogP contribution in [0.4, 0.5) is 0 Å². The zero-order valence-corrected chi connectivity index (χ0v) is 13.9. The van der Waals surface area contributed by atoms with Gasteiger partial charge in [-0.05, 0) is 12.3 Å². The fourth-order valence-corrected chi connectivity index (χ4v) is 4.80. The molecule has 2 fully saturated rings. The number of nitrogens with zero attached hydrogens (tertiary/aromatic N) is 3. The summed E-state index contributed by atoms with van der Waals surface area (Å²) in [6.45, 7) is 7.02. The summed E-state index contributed by atoms with van der Waals surface area (Å²) in [6.07, 6.45) is 3.87. The minimum Gasteiger partial charge on any atom is -0.379 e. The Morgan fingerprint density at radius 2 is 2.05 bits per heavy atom. The lowest BCUT2D eigenvalue weighted by molar-refractivity contribution is -0.0294. The first-order chi connectivity index (χ1) is 10.4. The number of aromatic nitrogens is 2. The molecular weight excluding hydrogens is 306 g/mol. The summed E-state index contributed by atoms with van der Waals surface area (Å²) in [5.41, 5.74) is -0.571. The van der Waals surface area contributed by atoms with E-state index in [1.165, 1.54) is 0 Å². The number of hydrogen-bond donors (Lipinski definition) is 0. The molecule has 7 nitrogen and oxygen atoms in total. The quantitative estimate of drug-likeness (QED) is 0.814. The van der Waals surface area contributed by atoms with Gasteiger partial charge in [0, 0.05) is 25.9 Å². The van der Waals surface area contributed by atoms with Gasteiger partial charge in [-0.2, -0.15) is 4.31 Å². The second kappa shape index (κ2) is 5.92. The molecule has 0 bridgehead atoms. The Kier molecular flexibility index (Phi) is 4.28. The summed E-state index contributed by atoms with van der Waals surface area (Å²) in [4.78, 5) is 4.12. The SMILES string of the molecule is CC(C)Cn1cnc(S(=O)(=O)N2CCOC[C@@]23CCOC3)c1. The van der Waals surface area contributed by atoms with Crippen LogP contribution in [0.2, 0.25) is 0 Å². The molecule has 22 heavy (non-hydrogen) atoms. The van der Waals surface area contributed by atoms with Crippen LogP contribution in [0.15, 0.2) is 17.6 Å². The summed E-state index contributed by atoms with van der Waals surface area (Å²) >= 11 is 0. The van der Waals surface area contributed by atoms with Gasteiger partial charge in [-0.1, -0.05) is 13.8 Å². The van der Waals surface area contributed by atoms with Crippen molar-refractivity contribution in [3.63, 3.8) is 0 Å². The highest BCUT2D eigenvalue weighted by atomic mass is 32.2. The molecule has 0 aromatic carbocycles. The number of morpholine rings is 1. The van der Waals surface area contributed by atoms with E-state index < -0.39 is 15.6 Å². The van der Waals surface area contributed by atoms with E-state index in [-0.39, 0.29) is 5.03 Å². The topological polar surface area (TPSA) is 73.7 Å². The number of imidazole rings is 1. The number of rotatable bonds is 4. The molecule has 1 aromatic heterocycles. The zero-order chi connectivity index (χ0) is 15.8. The first-order valence-corrected chi connectivity index (χ1v) is 9.08. The predicted octanol–water partition coefficient (Wildman–Crippen LogP) is 0.719. The summed E-state index contributed by atoms with van der Waals surface area (Å²) in [5.74, 6) is 0.433. The predicted molar refractivity (Wildman–Crippen MR) is 79.9 cm³/mol. The number of ether oxygens (including phenoxy) is 2. The second-order valence-electron chi connectivity index (χ2n) is 6.46. The minimum absolute atomic E-state index is 0.112. The zero-order valence-electron chi connectivity index (χ0n) is 13.1. The van der Waals surface area contributed by atoms with Crippen molar-refractivity contribution < 1.29 is 17.9 Å². The Bertz CT molecular complexity index is 620. The van der Waals surface area contributed by atoms with Gasteiger partial charge >= 0.3 is 0 Å². The molecule has 1 atom stereocenters. The van der Waals surface area contributed by atoms with Crippen LogP contribution in [0, 0.1) is 5.92 Å². The molecule has 1 spiro atoms. The molecule has 0 aliphatic carbocycles. The number of sulfonamides is 1. The lowest BCUT2D eigenvalue weighted by Crippen LogP contribution is -2.59. The Hall–Kier alpha value is -0.960. The molecule has 0 amide bonds. The van der Waals surface area contributed by atoms with Gasteiger partial charge in [0.1, 0.15) is 0 Å². The minimum atomic E-state index is -3.63. The van der Waals surface area contributed by atoms with Crippen molar-refractivity contribution in [3.8, 4) is 0 Å². The second-order valence-corrected chi connectivity index (χ2v) is 8.27. The number of hydrogen-bond acceptors (Lipinski definition) is 5. The van der Waals surface area contributed by atoms with Crippen LogP contribution in [0.3, 0.4) is 0 Å². The maximum atomic E-state index is 13.0. The Morgan fingerprint density at radius 1 is 1.32 bits per heavy atom. The maximum Gasteiger partial charge on any atom is 0.262 e. The fourth-order valence-electron chi connectivity index (χ4n) is 3.11. The summed E-state index contributed by atoms with van der Waals surface area (Å²) in [5, 5.41) is 0.112. The molecule has 2 aliphatic rings. The fraction of sp³-hybridized carbons (Fsp3) is 0.786. The molecule has 0 N–H and O–H groups in total. The molecule has 3 rings (SSSR count). The van der Waals surface area contributed by atoms with Crippen molar-refractivity contribution in [3.05, 3.63) is 12.5 Å². The van der Waals surface area contributed by atoms with Crippen LogP contribution in [-0.4, -0.2) is 60.8 Å². The van der Waals surface area contributed by atoms with Crippen LogP contribution in [0.25, 0.3) is 0 Å². The summed E-state index contributed by atoms with van der Waals surface area (Å²) in [6, 6.07) is 0. The van der Waals surface area contributed by atoms with Crippen molar-refractivity contribution >= 4 is 10.0 Å². The highest BCUT2D eigenvalue weighted by molar-refractivity contribution is 7.89. The van der Waals surface area contributed by atoms with Gasteiger partial charge in [0.15, 0.2) is 5.03 Å². The lowest BCUT2D eigenvalue weighted by Gasteiger charge is -2.41. The van der Waals surface area contributed by atoms with E-state index in [1.54, 1.807) is 16.8 Å². The molecule has 2 saturated heterocycles. The van der Waals surface area contributed by atoms with Gasteiger partial charge in [0.05, 0.1) is 31.7 Å². The first kappa shape index (κ1) is 15.9.